The molecule has 0 aliphatic carbocycles. The number of aromatic nitrogens is 2. The average Bonchev–Trinajstić information content (AvgIpc) is 3.23. The first-order valence-electron chi connectivity index (χ1n) is 10.5. The lowest BCUT2D eigenvalue weighted by Gasteiger charge is -2.10. The third-order valence-corrected chi connectivity index (χ3v) is 6.18. The Kier molecular flexibility index (Phi) is 5.65. The fraction of sp³-hybridized carbons (Fsp3) is 0.0769. The van der Waals surface area contributed by atoms with E-state index >= 15 is 0 Å². The van der Waals surface area contributed by atoms with E-state index in [1.807, 2.05) is 43.3 Å². The van der Waals surface area contributed by atoms with Gasteiger partial charge in [0.15, 0.2) is 4.96 Å². The quantitative estimate of drug-likeness (QED) is 0.373. The molecule has 7 nitrogen and oxygen atoms in total. The number of nitrogens with zero attached hydrogens (tertiary/aromatic N) is 2. The standard InChI is InChI=1S/C26H19N3O4S/c1-16-14-29-23(30)13-20(28-26(29)34-16)15-33-25(32)18-8-4-9-19(12-18)27-24(31)22-11-5-7-17-6-2-3-10-21(17)22/h2-14H,15H2,1H3,(H,27,31). The van der Waals surface area contributed by atoms with Crippen molar-refractivity contribution in [2.75, 3.05) is 5.32 Å². The lowest BCUT2D eigenvalue weighted by Crippen LogP contribution is -2.15. The van der Waals surface area contributed by atoms with Crippen LogP contribution in [0.4, 0.5) is 5.69 Å². The molecule has 5 aromatic rings. The molecule has 0 fully saturated rings. The van der Waals surface area contributed by atoms with Gasteiger partial charge in [-0.25, -0.2) is 9.78 Å². The van der Waals surface area contributed by atoms with Crippen LogP contribution in [-0.4, -0.2) is 21.3 Å². The second-order valence-electron chi connectivity index (χ2n) is 7.72. The van der Waals surface area contributed by atoms with Gasteiger partial charge in [-0.05, 0) is 42.0 Å². The molecule has 2 heterocycles. The smallest absolute Gasteiger partial charge is 0.338 e. The second kappa shape index (κ2) is 8.92. The van der Waals surface area contributed by atoms with Crippen LogP contribution >= 0.6 is 11.3 Å². The number of esters is 1. The number of anilines is 1. The van der Waals surface area contributed by atoms with Crippen molar-refractivity contribution in [2.24, 2.45) is 0 Å². The van der Waals surface area contributed by atoms with E-state index in [-0.39, 0.29) is 23.6 Å². The molecule has 5 rings (SSSR count). The van der Waals surface area contributed by atoms with Crippen molar-refractivity contribution in [2.45, 2.75) is 13.5 Å². The second-order valence-corrected chi connectivity index (χ2v) is 8.93. The van der Waals surface area contributed by atoms with Crippen LogP contribution in [0.25, 0.3) is 15.7 Å². The van der Waals surface area contributed by atoms with Gasteiger partial charge in [-0.3, -0.25) is 14.0 Å². The van der Waals surface area contributed by atoms with E-state index < -0.39 is 5.97 Å². The zero-order valence-electron chi connectivity index (χ0n) is 18.1. The molecule has 0 bridgehead atoms. The summed E-state index contributed by atoms with van der Waals surface area (Å²) < 4.78 is 6.84. The number of nitrogens with one attached hydrogen (secondary N) is 1. The molecule has 0 atom stereocenters. The molecule has 3 aromatic carbocycles. The Morgan fingerprint density at radius 1 is 1.03 bits per heavy atom. The van der Waals surface area contributed by atoms with Crippen LogP contribution < -0.4 is 10.9 Å². The number of amides is 1. The Morgan fingerprint density at radius 3 is 2.71 bits per heavy atom. The number of hydrogen-bond donors (Lipinski definition) is 1. The molecule has 0 spiro atoms. The van der Waals surface area contributed by atoms with Crippen LogP contribution in [0.1, 0.15) is 31.3 Å². The summed E-state index contributed by atoms with van der Waals surface area (Å²) in [7, 11) is 0. The van der Waals surface area contributed by atoms with Gasteiger partial charge in [0, 0.05) is 28.4 Å². The third-order valence-electron chi connectivity index (χ3n) is 5.28. The number of thiazole rings is 1. The van der Waals surface area contributed by atoms with Gasteiger partial charge in [-0.15, -0.1) is 11.3 Å². The van der Waals surface area contributed by atoms with Gasteiger partial charge in [0.1, 0.15) is 6.61 Å². The Balaban J connectivity index is 1.30. The molecular formula is C26H19N3O4S. The van der Waals surface area contributed by atoms with Crippen molar-refractivity contribution < 1.29 is 14.3 Å². The van der Waals surface area contributed by atoms with Crippen LogP contribution in [0.5, 0.6) is 0 Å². The van der Waals surface area contributed by atoms with E-state index in [1.165, 1.54) is 21.8 Å². The van der Waals surface area contributed by atoms with E-state index in [2.05, 4.69) is 10.3 Å². The Bertz CT molecular complexity index is 1610. The molecule has 1 N–H and O–H groups in total. The third kappa shape index (κ3) is 4.31. The van der Waals surface area contributed by atoms with E-state index in [9.17, 15) is 14.4 Å². The highest BCUT2D eigenvalue weighted by molar-refractivity contribution is 7.16. The molecule has 8 heteroatoms. The molecule has 0 saturated carbocycles. The highest BCUT2D eigenvalue weighted by atomic mass is 32.1. The molecular weight excluding hydrogens is 450 g/mol. The lowest BCUT2D eigenvalue weighted by molar-refractivity contribution is 0.0467. The molecule has 0 aliphatic heterocycles. The summed E-state index contributed by atoms with van der Waals surface area (Å²) in [5, 5.41) is 4.66. The summed E-state index contributed by atoms with van der Waals surface area (Å²) in [5.74, 6) is -0.850. The molecule has 0 radical (unpaired) electrons. The number of aryl methyl sites for hydroxylation is 1. The van der Waals surface area contributed by atoms with E-state index in [0.29, 0.717) is 21.9 Å². The number of hydrogen-bond acceptors (Lipinski definition) is 6. The maximum atomic E-state index is 12.9. The number of benzene rings is 3. The van der Waals surface area contributed by atoms with Gasteiger partial charge >= 0.3 is 5.97 Å². The van der Waals surface area contributed by atoms with Gasteiger partial charge in [0.25, 0.3) is 11.5 Å². The summed E-state index contributed by atoms with van der Waals surface area (Å²) in [6, 6.07) is 21.1. The maximum Gasteiger partial charge on any atom is 0.338 e. The first-order valence-corrected chi connectivity index (χ1v) is 11.3. The molecule has 0 saturated heterocycles. The van der Waals surface area contributed by atoms with Crippen LogP contribution in [-0.2, 0) is 11.3 Å². The molecule has 2 aromatic heterocycles. The van der Waals surface area contributed by atoms with Gasteiger partial charge in [-0.1, -0.05) is 42.5 Å². The molecule has 1 amide bonds. The fourth-order valence-electron chi connectivity index (χ4n) is 3.70. The minimum absolute atomic E-state index is 0.131. The van der Waals surface area contributed by atoms with Crippen molar-refractivity contribution in [1.82, 2.24) is 9.38 Å². The van der Waals surface area contributed by atoms with Crippen LogP contribution in [0, 0.1) is 6.92 Å². The predicted octanol–water partition coefficient (Wildman–Crippen LogP) is 4.83. The summed E-state index contributed by atoms with van der Waals surface area (Å²) >= 11 is 1.39. The highest BCUT2D eigenvalue weighted by Gasteiger charge is 2.13. The van der Waals surface area contributed by atoms with E-state index in [0.717, 1.165) is 15.6 Å². The SMILES string of the molecule is Cc1cn2c(=O)cc(COC(=O)c3cccc(NC(=O)c4cccc5ccccc45)c3)nc2s1. The number of carbonyl (C=O) groups is 2. The van der Waals surface area contributed by atoms with Gasteiger partial charge in [-0.2, -0.15) is 0 Å². The van der Waals surface area contributed by atoms with Gasteiger partial charge < -0.3 is 10.1 Å². The number of rotatable bonds is 5. The summed E-state index contributed by atoms with van der Waals surface area (Å²) in [4.78, 5) is 43.6. The first kappa shape index (κ1) is 21.5. The van der Waals surface area contributed by atoms with Crippen LogP contribution in [0.15, 0.2) is 83.8 Å². The van der Waals surface area contributed by atoms with Crippen molar-refractivity contribution >= 4 is 44.6 Å². The lowest BCUT2D eigenvalue weighted by atomic mass is 10.0. The summed E-state index contributed by atoms with van der Waals surface area (Å²) in [6.07, 6.45) is 1.73. The van der Waals surface area contributed by atoms with Crippen molar-refractivity contribution in [1.29, 1.82) is 0 Å². The van der Waals surface area contributed by atoms with E-state index in [4.69, 9.17) is 4.74 Å². The van der Waals surface area contributed by atoms with Gasteiger partial charge in [0.05, 0.1) is 11.3 Å². The Labute approximate surface area is 198 Å². The topological polar surface area (TPSA) is 89.8 Å². The predicted molar refractivity (Wildman–Crippen MR) is 132 cm³/mol. The van der Waals surface area contributed by atoms with Crippen LogP contribution in [0.3, 0.4) is 0 Å². The van der Waals surface area contributed by atoms with Crippen LogP contribution in [0.2, 0.25) is 0 Å². The number of ether oxygens (including phenoxy) is 1. The largest absolute Gasteiger partial charge is 0.456 e. The Morgan fingerprint density at radius 2 is 1.82 bits per heavy atom. The first-order chi connectivity index (χ1) is 16.5. The van der Waals surface area contributed by atoms with Crippen molar-refractivity contribution in [3.63, 3.8) is 0 Å². The minimum Gasteiger partial charge on any atom is -0.456 e. The Hall–Kier alpha value is -4.30. The zero-order valence-corrected chi connectivity index (χ0v) is 19.0. The number of fused-ring (bicyclic) bond motifs is 2. The monoisotopic (exact) mass is 469 g/mol. The van der Waals surface area contributed by atoms with Crippen molar-refractivity contribution in [3.8, 4) is 0 Å². The molecule has 0 unspecified atom stereocenters. The van der Waals surface area contributed by atoms with E-state index in [1.54, 1.807) is 36.5 Å². The molecule has 168 valence electrons. The fourth-order valence-corrected chi connectivity index (χ4v) is 4.55. The van der Waals surface area contributed by atoms with Gasteiger partial charge in [0.2, 0.25) is 0 Å². The normalized spacial score (nSPS) is 11.0. The summed E-state index contributed by atoms with van der Waals surface area (Å²) in [6.45, 7) is 1.76. The zero-order chi connectivity index (χ0) is 23.7. The molecule has 0 aliphatic rings. The minimum atomic E-state index is -0.578. The highest BCUT2D eigenvalue weighted by Crippen LogP contribution is 2.21. The average molecular weight is 470 g/mol. The summed E-state index contributed by atoms with van der Waals surface area (Å²) in [5.41, 5.74) is 1.45. The molecule has 34 heavy (non-hydrogen) atoms. The number of carbonyl (C=O) groups excluding carboxylic acids is 2. The maximum absolute atomic E-state index is 12.9. The van der Waals surface area contributed by atoms with Crippen molar-refractivity contribution in [3.05, 3.63) is 111 Å².